The molecule has 3 fully saturated rings. The van der Waals surface area contributed by atoms with Gasteiger partial charge in [-0.25, -0.2) is 8.78 Å². The number of amides is 2. The Bertz CT molecular complexity index is 1410. The fourth-order valence-electron chi connectivity index (χ4n) is 6.16. The van der Waals surface area contributed by atoms with Crippen LogP contribution in [0.15, 0.2) is 29.2 Å². The maximum atomic E-state index is 14.2. The molecule has 13 heteroatoms. The molecule has 1 aromatic heterocycles. The summed E-state index contributed by atoms with van der Waals surface area (Å²) in [6, 6.07) is -1.46. The first kappa shape index (κ1) is 24.8. The number of hydrogen-bond acceptors (Lipinski definition) is 5. The van der Waals surface area contributed by atoms with E-state index in [1.807, 2.05) is 0 Å². The molecule has 2 aromatic rings. The molecule has 2 unspecified atom stereocenters. The summed E-state index contributed by atoms with van der Waals surface area (Å²) in [7, 11) is 1.12. The highest BCUT2D eigenvalue weighted by Crippen LogP contribution is 2.55. The third kappa shape index (κ3) is 3.86. The zero-order chi connectivity index (χ0) is 27.1. The van der Waals surface area contributed by atoms with Gasteiger partial charge in [0, 0.05) is 23.9 Å². The molecule has 1 N–H and O–H groups in total. The second kappa shape index (κ2) is 8.52. The Morgan fingerprint density at radius 1 is 1.18 bits per heavy atom. The van der Waals surface area contributed by atoms with Crippen molar-refractivity contribution in [3.05, 3.63) is 63.1 Å². The quantitative estimate of drug-likeness (QED) is 0.604. The lowest BCUT2D eigenvalue weighted by Gasteiger charge is -2.50. The fraction of sp³-hybridized carbons (Fsp3) is 0.480. The van der Waals surface area contributed by atoms with E-state index in [-0.39, 0.29) is 30.5 Å². The second-order valence-corrected chi connectivity index (χ2v) is 10.1. The first-order valence-electron chi connectivity index (χ1n) is 12.1. The third-order valence-electron chi connectivity index (χ3n) is 7.91. The number of carbonyl (C=O) groups is 2. The predicted molar refractivity (Wildman–Crippen MR) is 119 cm³/mol. The topological polar surface area (TPSA) is 89.9 Å². The highest BCUT2D eigenvalue weighted by Gasteiger charge is 2.57. The maximum Gasteiger partial charge on any atom is 0.412 e. The van der Waals surface area contributed by atoms with Gasteiger partial charge >= 0.3 is 6.18 Å². The van der Waals surface area contributed by atoms with Gasteiger partial charge in [0.05, 0.1) is 19.8 Å². The average Bonchev–Trinajstić information content (AvgIpc) is 3.61. The van der Waals surface area contributed by atoms with Crippen molar-refractivity contribution in [2.75, 3.05) is 7.11 Å². The van der Waals surface area contributed by atoms with Crippen molar-refractivity contribution in [1.82, 2.24) is 14.8 Å². The molecule has 38 heavy (non-hydrogen) atoms. The number of methoxy groups -OCH3 is 1. The van der Waals surface area contributed by atoms with Gasteiger partial charge < -0.3 is 24.3 Å². The van der Waals surface area contributed by atoms with Crippen LogP contribution in [0.5, 0.6) is 5.75 Å². The van der Waals surface area contributed by atoms with Crippen molar-refractivity contribution in [2.24, 2.45) is 11.8 Å². The van der Waals surface area contributed by atoms with E-state index in [2.05, 4.69) is 0 Å². The van der Waals surface area contributed by atoms with Crippen LogP contribution >= 0.6 is 0 Å². The molecule has 2 bridgehead atoms. The number of fused-ring (bicyclic) bond motifs is 7. The Kier molecular flexibility index (Phi) is 5.57. The number of nitrogens with zero attached hydrogens (tertiary/aromatic N) is 2. The molecule has 1 aromatic carbocycles. The molecule has 0 spiro atoms. The minimum Gasteiger partial charge on any atom is -0.491 e. The van der Waals surface area contributed by atoms with Crippen LogP contribution in [0.2, 0.25) is 0 Å². The smallest absolute Gasteiger partial charge is 0.412 e. The van der Waals surface area contributed by atoms with Crippen molar-refractivity contribution < 1.29 is 41.0 Å². The van der Waals surface area contributed by atoms with Crippen molar-refractivity contribution in [2.45, 2.75) is 56.4 Å². The van der Waals surface area contributed by atoms with E-state index in [0.717, 1.165) is 26.1 Å². The van der Waals surface area contributed by atoms with Gasteiger partial charge in [0.25, 0.3) is 11.8 Å². The molecule has 2 saturated carbocycles. The van der Waals surface area contributed by atoms with E-state index in [4.69, 9.17) is 9.47 Å². The monoisotopic (exact) mass is 539 g/mol. The summed E-state index contributed by atoms with van der Waals surface area (Å²) in [5, 5.41) is 1.64. The van der Waals surface area contributed by atoms with Gasteiger partial charge in [-0.2, -0.15) is 13.2 Å². The lowest BCUT2D eigenvalue weighted by Crippen LogP contribution is -2.61. The SMILES string of the molecule is COc1c2n(cc(C(=O)N[C@@H](c3ccc(F)cc3F)C(F)(F)F)c1=O)C[C@@H]1OC3CC([C@H]4C[C@H]4C3)N1C2=O. The minimum atomic E-state index is -5.17. The molecule has 3 heterocycles. The Morgan fingerprint density at radius 3 is 2.63 bits per heavy atom. The van der Waals surface area contributed by atoms with Gasteiger partial charge in [-0.05, 0) is 37.2 Å². The normalized spacial score (nSPS) is 28.1. The van der Waals surface area contributed by atoms with Crippen LogP contribution in [0.3, 0.4) is 0 Å². The van der Waals surface area contributed by atoms with E-state index in [1.165, 1.54) is 4.57 Å². The van der Waals surface area contributed by atoms with Crippen molar-refractivity contribution in [1.29, 1.82) is 0 Å². The molecule has 4 aliphatic rings. The molecule has 0 radical (unpaired) electrons. The molecule has 6 atom stereocenters. The van der Waals surface area contributed by atoms with E-state index >= 15 is 0 Å². The molecular weight excluding hydrogens is 517 g/mol. The molecule has 2 amide bonds. The summed E-state index contributed by atoms with van der Waals surface area (Å²) in [6.45, 7) is 0.0394. The van der Waals surface area contributed by atoms with Gasteiger partial charge in [-0.1, -0.05) is 6.07 Å². The first-order valence-corrected chi connectivity index (χ1v) is 12.1. The van der Waals surface area contributed by atoms with Crippen LogP contribution in [0, 0.1) is 23.5 Å². The zero-order valence-corrected chi connectivity index (χ0v) is 19.9. The highest BCUT2D eigenvalue weighted by molar-refractivity contribution is 5.99. The first-order chi connectivity index (χ1) is 18.0. The summed E-state index contributed by atoms with van der Waals surface area (Å²) in [5.74, 6) is -4.22. The number of benzene rings is 1. The van der Waals surface area contributed by atoms with Crippen molar-refractivity contribution in [3.8, 4) is 5.75 Å². The molecule has 2 aliphatic heterocycles. The van der Waals surface area contributed by atoms with Gasteiger partial charge in [-0.3, -0.25) is 14.4 Å². The van der Waals surface area contributed by atoms with E-state index in [0.29, 0.717) is 30.4 Å². The van der Waals surface area contributed by atoms with E-state index < -0.39 is 64.2 Å². The summed E-state index contributed by atoms with van der Waals surface area (Å²) >= 11 is 0. The van der Waals surface area contributed by atoms with Crippen molar-refractivity contribution in [3.63, 3.8) is 0 Å². The standard InChI is InChI=1S/C25H22F5N3O5/c1-37-21-19-24(36)33-17-7-12(4-10-5-14(10)17)38-18(33)9-32(19)8-15(20(21)34)23(35)31-22(25(28,29)30)13-3-2-11(26)6-16(13)27/h2-3,6,8,10,12,14,17-18,22H,4-5,7,9H2,1H3,(H,31,35)/t10-,12?,14+,17?,18+,22+/m1/s1. The van der Waals surface area contributed by atoms with Crippen LogP contribution in [0.4, 0.5) is 22.0 Å². The summed E-state index contributed by atoms with van der Waals surface area (Å²) in [4.78, 5) is 41.4. The Hall–Kier alpha value is -3.48. The fourth-order valence-corrected chi connectivity index (χ4v) is 6.16. The second-order valence-electron chi connectivity index (χ2n) is 10.1. The number of halogens is 5. The average molecular weight is 539 g/mol. The highest BCUT2D eigenvalue weighted by atomic mass is 19.4. The number of ether oxygens (including phenoxy) is 2. The van der Waals surface area contributed by atoms with Gasteiger partial charge in [0.1, 0.15) is 17.2 Å². The molecular formula is C25H22F5N3O5. The Balaban J connectivity index is 1.37. The summed E-state index contributed by atoms with van der Waals surface area (Å²) < 4.78 is 81.5. The largest absolute Gasteiger partial charge is 0.491 e. The van der Waals surface area contributed by atoms with Crippen LogP contribution in [-0.2, 0) is 11.3 Å². The minimum absolute atomic E-state index is 0.0263. The number of rotatable bonds is 4. The zero-order valence-electron chi connectivity index (χ0n) is 19.9. The molecule has 8 nitrogen and oxygen atoms in total. The van der Waals surface area contributed by atoms with Gasteiger partial charge in [0.15, 0.2) is 23.7 Å². The number of carbonyl (C=O) groups excluding carboxylic acids is 2. The maximum absolute atomic E-state index is 14.2. The lowest BCUT2D eigenvalue weighted by molar-refractivity contribution is -0.172. The van der Waals surface area contributed by atoms with Crippen LogP contribution in [0.25, 0.3) is 0 Å². The van der Waals surface area contributed by atoms with Crippen molar-refractivity contribution >= 4 is 11.8 Å². The molecule has 202 valence electrons. The lowest BCUT2D eigenvalue weighted by atomic mass is 9.88. The van der Waals surface area contributed by atoms with E-state index in [1.54, 1.807) is 10.2 Å². The number of nitrogens with one attached hydrogen (secondary N) is 1. The van der Waals surface area contributed by atoms with Gasteiger partial charge in [-0.15, -0.1) is 0 Å². The van der Waals surface area contributed by atoms with Crippen LogP contribution in [-0.4, -0.2) is 52.9 Å². The summed E-state index contributed by atoms with van der Waals surface area (Å²) in [5.41, 5.74) is -2.97. The number of pyridine rings is 1. The molecule has 1 saturated heterocycles. The number of aromatic nitrogens is 1. The summed E-state index contributed by atoms with van der Waals surface area (Å²) in [6.07, 6.45) is -2.29. The van der Waals surface area contributed by atoms with E-state index in [9.17, 15) is 36.3 Å². The Labute approximate surface area is 212 Å². The Morgan fingerprint density at radius 2 is 1.95 bits per heavy atom. The molecule has 6 rings (SSSR count). The van der Waals surface area contributed by atoms with Crippen LogP contribution in [0.1, 0.15) is 51.7 Å². The number of hydrogen-bond donors (Lipinski definition) is 1. The van der Waals surface area contributed by atoms with Gasteiger partial charge in [0.2, 0.25) is 5.43 Å². The third-order valence-corrected chi connectivity index (χ3v) is 7.91. The van der Waals surface area contributed by atoms with Crippen LogP contribution < -0.4 is 15.5 Å². The molecule has 2 aliphatic carbocycles. The number of alkyl halides is 3. The predicted octanol–water partition coefficient (Wildman–Crippen LogP) is 3.15.